The molecular weight excluding hydrogens is 1310 g/mol. The van der Waals surface area contributed by atoms with E-state index in [1.54, 1.807) is 0 Å². The molecule has 6 aliphatic carbocycles. The minimum atomic E-state index is -0.623. The monoisotopic (exact) mass is 1380 g/mol. The van der Waals surface area contributed by atoms with Gasteiger partial charge in [-0.3, -0.25) is 0 Å². The first-order chi connectivity index (χ1) is 54.1. The number of nitrogens with zero attached hydrogens (tertiary/aromatic N) is 3. The summed E-state index contributed by atoms with van der Waals surface area (Å²) in [4.78, 5) is 5.42. The van der Waals surface area contributed by atoms with Crippen molar-refractivity contribution in [3.05, 3.63) is 443 Å². The first kappa shape index (κ1) is 58.5. The topological polar surface area (TPSA) is 11.4 Å². The van der Waals surface area contributed by atoms with Gasteiger partial charge in [-0.25, -0.2) is 0 Å². The zero-order valence-electron chi connectivity index (χ0n) is 59.2. The van der Waals surface area contributed by atoms with Crippen LogP contribution in [0.1, 0.15) is 66.8 Å². The van der Waals surface area contributed by atoms with Crippen molar-refractivity contribution in [3.63, 3.8) is 0 Å². The van der Waals surface area contributed by atoms with Gasteiger partial charge in [0, 0.05) is 44.9 Å². The molecule has 3 heterocycles. The number of benzene rings is 17. The third-order valence-corrected chi connectivity index (χ3v) is 26.6. The lowest BCUT2D eigenvalue weighted by atomic mass is 9.33. The molecule has 4 heteroatoms. The third-order valence-electron chi connectivity index (χ3n) is 26.6. The lowest BCUT2D eigenvalue weighted by Crippen LogP contribution is -2.62. The minimum Gasteiger partial charge on any atom is -0.311 e. The summed E-state index contributed by atoms with van der Waals surface area (Å²) in [5.74, 6) is 0. The van der Waals surface area contributed by atoms with Gasteiger partial charge in [0.1, 0.15) is 0 Å². The zero-order valence-corrected chi connectivity index (χ0v) is 59.2. The van der Waals surface area contributed by atoms with Crippen molar-refractivity contribution < 1.29 is 0 Å². The van der Waals surface area contributed by atoms with Gasteiger partial charge in [0.25, 0.3) is 6.71 Å². The summed E-state index contributed by atoms with van der Waals surface area (Å²) in [6.45, 7) is -0.298. The summed E-state index contributed by atoms with van der Waals surface area (Å²) in [5.41, 5.74) is 45.9. The predicted molar refractivity (Wildman–Crippen MR) is 449 cm³/mol. The Morgan fingerprint density at radius 1 is 0.193 bits per heavy atom. The van der Waals surface area contributed by atoms with Gasteiger partial charge in [-0.1, -0.05) is 315 Å². The number of hydrogen-bond donors (Lipinski definition) is 0. The van der Waals surface area contributed by atoms with Crippen LogP contribution in [-0.2, 0) is 16.2 Å². The van der Waals surface area contributed by atoms with Crippen molar-refractivity contribution >= 4 is 79.0 Å². The van der Waals surface area contributed by atoms with Crippen molar-refractivity contribution in [2.24, 2.45) is 0 Å². The Labute approximate surface area is 631 Å². The maximum Gasteiger partial charge on any atom is 0.252 e. The molecule has 0 bridgehead atoms. The maximum atomic E-state index is 2.75. The zero-order chi connectivity index (χ0) is 70.7. The molecule has 0 amide bonds. The molecule has 8 aliphatic rings. The van der Waals surface area contributed by atoms with Crippen molar-refractivity contribution in [1.82, 2.24) is 4.57 Å². The van der Waals surface area contributed by atoms with Gasteiger partial charge in [-0.05, 0) is 222 Å². The molecule has 18 aromatic rings. The molecule has 109 heavy (non-hydrogen) atoms. The summed E-state index contributed by atoms with van der Waals surface area (Å²) in [6, 6.07) is 146. The van der Waals surface area contributed by atoms with Crippen LogP contribution in [0.4, 0.5) is 34.1 Å². The Kier molecular flexibility index (Phi) is 11.2. The summed E-state index contributed by atoms with van der Waals surface area (Å²) < 4.78 is 2.56. The van der Waals surface area contributed by atoms with E-state index in [2.05, 4.69) is 390 Å². The SMILES string of the molecule is c1ccc(-c2ccc(N3c4cc5c(cc4B4c6cc7c(cc6N(c6ccc8c(c6)C6(c9ccccc9-c9ccccc96)c6ccccc6-8)c6cc(-n8c9ccccc9c9ccccc98)cc3c64)-c3ccccc3C73c4ccccc4-c4ccccc43)C3(c4ccccc4-c4ccccc43)c3ccccc3-5)cc2)cc1. The highest BCUT2D eigenvalue weighted by Gasteiger charge is 2.58. The van der Waals surface area contributed by atoms with Gasteiger partial charge >= 0.3 is 0 Å². The van der Waals surface area contributed by atoms with Crippen LogP contribution in [0.15, 0.2) is 376 Å². The molecule has 3 spiro atoms. The molecular formula is C105H62BN3. The van der Waals surface area contributed by atoms with Crippen LogP contribution >= 0.6 is 0 Å². The average Bonchev–Trinajstić information content (AvgIpc) is 1.50. The summed E-state index contributed by atoms with van der Waals surface area (Å²) >= 11 is 0. The third kappa shape index (κ3) is 7.00. The molecule has 0 saturated carbocycles. The molecule has 17 aromatic carbocycles. The standard InChI is InChI=1S/C105H62BN3/c1-2-26-63(27-3-1)64-50-52-65(53-51-64)107-98-59-80-75-35-11-22-46-89(75)104(84-41-17-6-30-70(84)71-31-7-18-42-85(71)104)92(80)61-94(98)106-95-62-93-81(76-36-12-23-47-90(76)105(93)86-43-19-8-32-72(86)73-33-9-20-44-87(73)105)60-99(95)108(101-58-67(57-100(107)102(101)106)109-96-48-24-13-37-78(96)79-38-14-25-49-97(79)109)66-54-55-77-74-34-10-21-45-88(74)103(91(77)56-66)82-39-15-4-28-68(82)69-29-5-16-40-83(69)103/h1-62H. The van der Waals surface area contributed by atoms with E-state index in [0.717, 1.165) is 39.5 Å². The molecule has 2 aliphatic heterocycles. The lowest BCUT2D eigenvalue weighted by molar-refractivity contribution is 0.793. The van der Waals surface area contributed by atoms with Crippen LogP contribution in [0.3, 0.4) is 0 Å². The maximum absolute atomic E-state index is 2.75. The Hall–Kier alpha value is -13.8. The smallest absolute Gasteiger partial charge is 0.252 e. The number of fused-ring (bicyclic) bond motifs is 37. The van der Waals surface area contributed by atoms with E-state index in [0.29, 0.717) is 0 Å². The Bertz CT molecular complexity index is 6950. The highest BCUT2D eigenvalue weighted by atomic mass is 15.2. The van der Waals surface area contributed by atoms with E-state index in [4.69, 9.17) is 0 Å². The van der Waals surface area contributed by atoms with Crippen LogP contribution in [0.25, 0.3) is 105 Å². The lowest BCUT2D eigenvalue weighted by Gasteiger charge is -2.45. The van der Waals surface area contributed by atoms with Crippen LogP contribution in [-0.4, -0.2) is 11.3 Å². The fourth-order valence-electron chi connectivity index (χ4n) is 22.7. The Morgan fingerprint density at radius 3 is 0.872 bits per heavy atom. The largest absolute Gasteiger partial charge is 0.311 e. The van der Waals surface area contributed by atoms with Gasteiger partial charge in [-0.15, -0.1) is 0 Å². The van der Waals surface area contributed by atoms with Gasteiger partial charge < -0.3 is 14.4 Å². The molecule has 0 radical (unpaired) electrons. The van der Waals surface area contributed by atoms with Crippen molar-refractivity contribution in [2.45, 2.75) is 16.2 Å². The van der Waals surface area contributed by atoms with E-state index in [1.165, 1.54) is 183 Å². The number of anilines is 6. The van der Waals surface area contributed by atoms with Crippen LogP contribution < -0.4 is 26.2 Å². The molecule has 0 unspecified atom stereocenters. The molecule has 0 fully saturated rings. The van der Waals surface area contributed by atoms with E-state index >= 15 is 0 Å². The Balaban J connectivity index is 0.840. The van der Waals surface area contributed by atoms with E-state index in [1.807, 2.05) is 0 Å². The van der Waals surface area contributed by atoms with Gasteiger partial charge in [0.15, 0.2) is 0 Å². The van der Waals surface area contributed by atoms with Gasteiger partial charge in [0.2, 0.25) is 0 Å². The molecule has 0 N–H and O–H groups in total. The van der Waals surface area contributed by atoms with Gasteiger partial charge in [0.05, 0.1) is 33.0 Å². The van der Waals surface area contributed by atoms with Crippen LogP contribution in [0.2, 0.25) is 0 Å². The molecule has 0 saturated heterocycles. The Morgan fingerprint density at radius 2 is 0.486 bits per heavy atom. The second-order valence-corrected chi connectivity index (χ2v) is 31.1. The normalized spacial score (nSPS) is 15.0. The number of aromatic nitrogens is 1. The second kappa shape index (κ2) is 20.8. The van der Waals surface area contributed by atoms with Crippen molar-refractivity contribution in [2.75, 3.05) is 9.80 Å². The fourth-order valence-corrected chi connectivity index (χ4v) is 22.7. The van der Waals surface area contributed by atoms with Crippen molar-refractivity contribution in [1.29, 1.82) is 0 Å². The van der Waals surface area contributed by atoms with Crippen LogP contribution in [0.5, 0.6) is 0 Å². The molecule has 1 aromatic heterocycles. The summed E-state index contributed by atoms with van der Waals surface area (Å²) in [5, 5.41) is 2.44. The number of para-hydroxylation sites is 2. The molecule has 3 nitrogen and oxygen atoms in total. The van der Waals surface area contributed by atoms with Crippen molar-refractivity contribution in [3.8, 4) is 83.6 Å². The molecule has 26 rings (SSSR count). The second-order valence-electron chi connectivity index (χ2n) is 31.1. The average molecular weight is 1380 g/mol. The first-order valence-electron chi connectivity index (χ1n) is 38.4. The van der Waals surface area contributed by atoms with E-state index in [9.17, 15) is 0 Å². The summed E-state index contributed by atoms with van der Waals surface area (Å²) in [6.07, 6.45) is 0. The molecule has 500 valence electrons. The first-order valence-corrected chi connectivity index (χ1v) is 38.4. The highest BCUT2D eigenvalue weighted by molar-refractivity contribution is 7.00. The molecule has 0 atom stereocenters. The predicted octanol–water partition coefficient (Wildman–Crippen LogP) is 23.6. The number of hydrogen-bond acceptors (Lipinski definition) is 2. The highest BCUT2D eigenvalue weighted by Crippen LogP contribution is 2.68. The van der Waals surface area contributed by atoms with E-state index < -0.39 is 16.2 Å². The fraction of sp³-hybridized carbons (Fsp3) is 0.0286. The minimum absolute atomic E-state index is 0.298. The van der Waals surface area contributed by atoms with Crippen LogP contribution in [0, 0.1) is 0 Å². The summed E-state index contributed by atoms with van der Waals surface area (Å²) in [7, 11) is 0. The quantitative estimate of drug-likeness (QED) is 0.163. The van der Waals surface area contributed by atoms with Gasteiger partial charge in [-0.2, -0.15) is 0 Å². The number of rotatable bonds is 4. The van der Waals surface area contributed by atoms with E-state index in [-0.39, 0.29) is 6.71 Å².